The molecule has 3 N–H and O–H groups in total. The Morgan fingerprint density at radius 2 is 2.00 bits per heavy atom. The predicted octanol–water partition coefficient (Wildman–Crippen LogP) is 1.000. The molecule has 0 saturated carbocycles. The first kappa shape index (κ1) is 17.5. The molecule has 0 radical (unpaired) electrons. The molecule has 0 aliphatic carbocycles. The summed E-state index contributed by atoms with van der Waals surface area (Å²) in [7, 11) is 0. The number of nitrogens with two attached hydrogens (primary N) is 1. The van der Waals surface area contributed by atoms with Gasteiger partial charge in [-0.1, -0.05) is 6.07 Å². The van der Waals surface area contributed by atoms with Gasteiger partial charge in [-0.15, -0.1) is 0 Å². The number of carbonyl (C=O) groups excluding carboxylic acids is 2. The van der Waals surface area contributed by atoms with E-state index in [1.165, 1.54) is 29.3 Å². The molecule has 0 fully saturated rings. The van der Waals surface area contributed by atoms with Crippen LogP contribution in [0.2, 0.25) is 0 Å². The lowest BCUT2D eigenvalue weighted by molar-refractivity contribution is -0.119. The number of hydrogen-bond donors (Lipinski definition) is 2. The zero-order valence-corrected chi connectivity index (χ0v) is 13.9. The molecule has 0 bridgehead atoms. The average Bonchev–Trinajstić information content (AvgIpc) is 3.09. The lowest BCUT2D eigenvalue weighted by Gasteiger charge is -2.20. The Morgan fingerprint density at radius 3 is 2.65 bits per heavy atom. The lowest BCUT2D eigenvalue weighted by atomic mass is 10.1. The molecule has 0 spiro atoms. The minimum atomic E-state index is -0.781. The summed E-state index contributed by atoms with van der Waals surface area (Å²) >= 11 is 0. The molecule has 8 heteroatoms. The van der Waals surface area contributed by atoms with Crippen molar-refractivity contribution in [2.75, 3.05) is 11.6 Å². The minimum Gasteiger partial charge on any atom is -0.368 e. The van der Waals surface area contributed by atoms with E-state index >= 15 is 0 Å². The van der Waals surface area contributed by atoms with Crippen LogP contribution in [-0.2, 0) is 16.0 Å². The van der Waals surface area contributed by atoms with Crippen LogP contribution in [0, 0.1) is 5.82 Å². The number of benzene rings is 1. The van der Waals surface area contributed by atoms with E-state index in [0.717, 1.165) is 5.69 Å². The zero-order chi connectivity index (χ0) is 18.5. The fraction of sp³-hybridized carbons (Fsp3) is 0.222. The van der Waals surface area contributed by atoms with E-state index in [0.29, 0.717) is 18.7 Å². The van der Waals surface area contributed by atoms with Crippen molar-refractivity contribution in [3.63, 3.8) is 0 Å². The van der Waals surface area contributed by atoms with E-state index < -0.39 is 17.8 Å². The number of pyridine rings is 1. The van der Waals surface area contributed by atoms with Crippen LogP contribution in [0.4, 0.5) is 10.1 Å². The molecular weight excluding hydrogens is 337 g/mol. The highest BCUT2D eigenvalue weighted by atomic mass is 19.1. The summed E-state index contributed by atoms with van der Waals surface area (Å²) in [5.74, 6) is -1.37. The van der Waals surface area contributed by atoms with E-state index in [1.54, 1.807) is 6.20 Å². The first-order valence-electron chi connectivity index (χ1n) is 8.14. The van der Waals surface area contributed by atoms with Gasteiger partial charge in [-0.25, -0.2) is 4.39 Å². The van der Waals surface area contributed by atoms with E-state index in [-0.39, 0.29) is 18.0 Å². The maximum atomic E-state index is 13.1. The standard InChI is InChI=1S/C18H18FN5O2/c19-12-4-6-14(7-5-12)24-16(17(20)25)11-15(23-24)18(26)22-10-8-13-3-1-2-9-21-13/h1-7,9,16H,8,10-11H2,(H2,20,25)(H,22,26)/t16-/m0/s1. The molecule has 1 aliphatic heterocycles. The smallest absolute Gasteiger partial charge is 0.267 e. The number of amides is 2. The fourth-order valence-corrected chi connectivity index (χ4v) is 2.65. The first-order chi connectivity index (χ1) is 12.5. The number of nitrogens with one attached hydrogen (secondary N) is 1. The van der Waals surface area contributed by atoms with Gasteiger partial charge in [0.2, 0.25) is 5.91 Å². The third-order valence-electron chi connectivity index (χ3n) is 3.98. The summed E-state index contributed by atoms with van der Waals surface area (Å²) < 4.78 is 13.1. The summed E-state index contributed by atoms with van der Waals surface area (Å²) in [5.41, 5.74) is 6.99. The number of aromatic nitrogens is 1. The highest BCUT2D eigenvalue weighted by Gasteiger charge is 2.34. The van der Waals surface area contributed by atoms with Crippen molar-refractivity contribution in [3.05, 3.63) is 60.2 Å². The molecule has 1 aromatic carbocycles. The van der Waals surface area contributed by atoms with Crippen molar-refractivity contribution in [2.24, 2.45) is 10.8 Å². The number of hydrazone groups is 1. The molecule has 7 nitrogen and oxygen atoms in total. The van der Waals surface area contributed by atoms with Gasteiger partial charge in [0, 0.05) is 31.3 Å². The Labute approximate surface area is 149 Å². The van der Waals surface area contributed by atoms with Gasteiger partial charge in [-0.3, -0.25) is 19.6 Å². The molecule has 26 heavy (non-hydrogen) atoms. The van der Waals surface area contributed by atoms with E-state index in [4.69, 9.17) is 5.73 Å². The SMILES string of the molecule is NC(=O)[C@@H]1CC(C(=O)NCCc2ccccn2)=NN1c1ccc(F)cc1. The second kappa shape index (κ2) is 7.73. The molecule has 2 heterocycles. The highest BCUT2D eigenvalue weighted by molar-refractivity contribution is 6.40. The monoisotopic (exact) mass is 355 g/mol. The van der Waals surface area contributed by atoms with Crippen LogP contribution in [0.5, 0.6) is 0 Å². The predicted molar refractivity (Wildman–Crippen MR) is 94.9 cm³/mol. The van der Waals surface area contributed by atoms with E-state index in [2.05, 4.69) is 15.4 Å². The summed E-state index contributed by atoms with van der Waals surface area (Å²) in [6.07, 6.45) is 2.37. The Bertz CT molecular complexity index is 823. The molecule has 0 saturated heterocycles. The number of carbonyl (C=O) groups is 2. The van der Waals surface area contributed by atoms with Crippen molar-refractivity contribution < 1.29 is 14.0 Å². The molecule has 0 unspecified atom stereocenters. The van der Waals surface area contributed by atoms with Gasteiger partial charge in [0.05, 0.1) is 5.69 Å². The van der Waals surface area contributed by atoms with Gasteiger partial charge >= 0.3 is 0 Å². The quantitative estimate of drug-likeness (QED) is 0.807. The summed E-state index contributed by atoms with van der Waals surface area (Å²) in [6.45, 7) is 0.395. The van der Waals surface area contributed by atoms with Gasteiger partial charge in [0.25, 0.3) is 5.91 Å². The molecule has 3 rings (SSSR count). The van der Waals surface area contributed by atoms with E-state index in [1.807, 2.05) is 18.2 Å². The Balaban J connectivity index is 1.66. The minimum absolute atomic E-state index is 0.0993. The second-order valence-electron chi connectivity index (χ2n) is 5.82. The van der Waals surface area contributed by atoms with Gasteiger partial charge in [0.15, 0.2) is 0 Å². The van der Waals surface area contributed by atoms with Crippen LogP contribution < -0.4 is 16.1 Å². The maximum absolute atomic E-state index is 13.1. The van der Waals surface area contributed by atoms with Crippen LogP contribution in [0.1, 0.15) is 12.1 Å². The Kier molecular flexibility index (Phi) is 5.21. The van der Waals surface area contributed by atoms with Crippen molar-refractivity contribution in [1.82, 2.24) is 10.3 Å². The summed E-state index contributed by atoms with van der Waals surface area (Å²) in [5, 5.41) is 8.34. The van der Waals surface area contributed by atoms with Crippen molar-refractivity contribution in [2.45, 2.75) is 18.9 Å². The second-order valence-corrected chi connectivity index (χ2v) is 5.82. The Morgan fingerprint density at radius 1 is 1.23 bits per heavy atom. The molecule has 134 valence electrons. The van der Waals surface area contributed by atoms with Crippen LogP contribution in [0.15, 0.2) is 53.8 Å². The van der Waals surface area contributed by atoms with Gasteiger partial charge < -0.3 is 11.1 Å². The van der Waals surface area contributed by atoms with Crippen LogP contribution >= 0.6 is 0 Å². The molecule has 1 atom stereocenters. The third kappa shape index (κ3) is 4.02. The number of nitrogens with zero attached hydrogens (tertiary/aromatic N) is 3. The average molecular weight is 355 g/mol. The number of anilines is 1. The normalized spacial score (nSPS) is 16.3. The third-order valence-corrected chi connectivity index (χ3v) is 3.98. The zero-order valence-electron chi connectivity index (χ0n) is 13.9. The highest BCUT2D eigenvalue weighted by Crippen LogP contribution is 2.24. The molecule has 1 aliphatic rings. The number of halogens is 1. The van der Waals surface area contributed by atoms with Crippen molar-refractivity contribution in [1.29, 1.82) is 0 Å². The van der Waals surface area contributed by atoms with Crippen molar-refractivity contribution in [3.8, 4) is 0 Å². The molecule has 1 aromatic heterocycles. The topological polar surface area (TPSA) is 101 Å². The van der Waals surface area contributed by atoms with Crippen LogP contribution in [0.3, 0.4) is 0 Å². The lowest BCUT2D eigenvalue weighted by Crippen LogP contribution is -2.40. The molecule has 2 amide bonds. The largest absolute Gasteiger partial charge is 0.368 e. The Hall–Kier alpha value is -3.29. The fourth-order valence-electron chi connectivity index (χ4n) is 2.65. The summed E-state index contributed by atoms with van der Waals surface area (Å²) in [4.78, 5) is 28.2. The summed E-state index contributed by atoms with van der Waals surface area (Å²) in [6, 6.07) is 10.3. The van der Waals surface area contributed by atoms with Crippen LogP contribution in [0.25, 0.3) is 0 Å². The van der Waals surface area contributed by atoms with Gasteiger partial charge in [-0.2, -0.15) is 5.10 Å². The van der Waals surface area contributed by atoms with Gasteiger partial charge in [0.1, 0.15) is 17.6 Å². The number of primary amides is 1. The molecular formula is C18H18FN5O2. The van der Waals surface area contributed by atoms with Crippen LogP contribution in [-0.4, -0.2) is 35.1 Å². The molecule has 2 aromatic rings. The number of hydrogen-bond acceptors (Lipinski definition) is 5. The first-order valence-corrected chi connectivity index (χ1v) is 8.14. The van der Waals surface area contributed by atoms with Crippen molar-refractivity contribution >= 4 is 23.2 Å². The van der Waals surface area contributed by atoms with E-state index in [9.17, 15) is 14.0 Å². The maximum Gasteiger partial charge on any atom is 0.267 e. The van der Waals surface area contributed by atoms with Gasteiger partial charge in [-0.05, 0) is 36.4 Å². The number of rotatable bonds is 6.